The molecule has 4 rings (SSSR count). The van der Waals surface area contributed by atoms with Crippen molar-refractivity contribution < 1.29 is 28.6 Å². The molecule has 8 nitrogen and oxygen atoms in total. The maximum Gasteiger partial charge on any atom is 0.414 e. The average Bonchev–Trinajstić information content (AvgIpc) is 3.44. The van der Waals surface area contributed by atoms with Crippen LogP contribution in [0, 0.1) is 5.82 Å². The predicted molar refractivity (Wildman–Crippen MR) is 104 cm³/mol. The molecule has 1 saturated heterocycles. The molecule has 1 saturated carbocycles. The number of rotatable bonds is 6. The normalized spacial score (nSPS) is 19.3. The van der Waals surface area contributed by atoms with Gasteiger partial charge in [0.15, 0.2) is 0 Å². The molecule has 30 heavy (non-hydrogen) atoms. The first-order valence-electron chi connectivity index (χ1n) is 9.52. The van der Waals surface area contributed by atoms with Gasteiger partial charge in [0.1, 0.15) is 17.3 Å². The Morgan fingerprint density at radius 1 is 1.33 bits per heavy atom. The molecule has 2 fully saturated rings. The van der Waals surface area contributed by atoms with Gasteiger partial charge in [-0.3, -0.25) is 19.5 Å². The van der Waals surface area contributed by atoms with E-state index in [2.05, 4.69) is 10.3 Å². The van der Waals surface area contributed by atoms with E-state index in [1.54, 1.807) is 24.3 Å². The quantitative estimate of drug-likeness (QED) is 0.753. The van der Waals surface area contributed by atoms with Crippen LogP contribution in [0.1, 0.15) is 25.5 Å². The molecule has 1 aliphatic heterocycles. The summed E-state index contributed by atoms with van der Waals surface area (Å²) in [4.78, 5) is 40.1. The standard InChI is InChI=1S/C21H20FN3O5/c1-12(26)23-10-15-11-25(20(29)30-15)14-3-4-16(17(22)8-14)13-2-5-18(24-9-13)21(6-7-21)19(27)28/h2-5,8-9,15H,6-7,10-11H2,1H3,(H,23,26)(H,27,28)/t15-/m0/s1. The molecule has 2 aromatic rings. The first-order chi connectivity index (χ1) is 14.3. The number of pyridine rings is 1. The maximum absolute atomic E-state index is 14.8. The highest BCUT2D eigenvalue weighted by atomic mass is 19.1. The van der Waals surface area contributed by atoms with E-state index in [0.29, 0.717) is 35.3 Å². The molecule has 2 N–H and O–H groups in total. The zero-order valence-electron chi connectivity index (χ0n) is 16.2. The molecule has 0 bridgehead atoms. The van der Waals surface area contributed by atoms with Gasteiger partial charge in [-0.2, -0.15) is 0 Å². The highest BCUT2D eigenvalue weighted by Gasteiger charge is 2.53. The number of aromatic nitrogens is 1. The summed E-state index contributed by atoms with van der Waals surface area (Å²) in [6.07, 6.45) is 1.44. The number of amides is 2. The molecular formula is C21H20FN3O5. The van der Waals surface area contributed by atoms with E-state index in [1.807, 2.05) is 0 Å². The Morgan fingerprint density at radius 3 is 2.67 bits per heavy atom. The number of nitrogens with zero attached hydrogens (tertiary/aromatic N) is 2. The van der Waals surface area contributed by atoms with Crippen LogP contribution in [-0.2, 0) is 19.7 Å². The number of carbonyl (C=O) groups excluding carboxylic acids is 2. The molecule has 1 aromatic heterocycles. The fourth-order valence-electron chi connectivity index (χ4n) is 3.54. The number of carbonyl (C=O) groups is 3. The van der Waals surface area contributed by atoms with Crippen LogP contribution in [-0.4, -0.2) is 47.3 Å². The second-order valence-corrected chi connectivity index (χ2v) is 7.54. The SMILES string of the molecule is CC(=O)NC[C@H]1CN(c2ccc(-c3ccc(C4(C(=O)O)CC4)nc3)c(F)c2)C(=O)O1. The Balaban J connectivity index is 1.50. The van der Waals surface area contributed by atoms with Gasteiger partial charge in [0.2, 0.25) is 5.91 Å². The van der Waals surface area contributed by atoms with E-state index in [4.69, 9.17) is 4.74 Å². The molecule has 1 aliphatic carbocycles. The molecule has 1 aromatic carbocycles. The third-order valence-electron chi connectivity index (χ3n) is 5.44. The summed E-state index contributed by atoms with van der Waals surface area (Å²) in [6, 6.07) is 7.66. The topological polar surface area (TPSA) is 109 Å². The smallest absolute Gasteiger partial charge is 0.414 e. The van der Waals surface area contributed by atoms with Crippen LogP contribution >= 0.6 is 0 Å². The van der Waals surface area contributed by atoms with Gasteiger partial charge < -0.3 is 15.2 Å². The van der Waals surface area contributed by atoms with Crippen molar-refractivity contribution >= 4 is 23.7 Å². The third-order valence-corrected chi connectivity index (χ3v) is 5.44. The molecule has 2 amide bonds. The van der Waals surface area contributed by atoms with Crippen LogP contribution in [0.3, 0.4) is 0 Å². The number of benzene rings is 1. The van der Waals surface area contributed by atoms with Crippen LogP contribution in [0.4, 0.5) is 14.9 Å². The second-order valence-electron chi connectivity index (χ2n) is 7.54. The fraction of sp³-hybridized carbons (Fsp3) is 0.333. The van der Waals surface area contributed by atoms with Crippen molar-refractivity contribution in [3.05, 3.63) is 48.0 Å². The van der Waals surface area contributed by atoms with Gasteiger partial charge >= 0.3 is 12.1 Å². The Kier molecular flexibility index (Phi) is 4.89. The minimum absolute atomic E-state index is 0.188. The lowest BCUT2D eigenvalue weighted by Gasteiger charge is -2.15. The van der Waals surface area contributed by atoms with Crippen molar-refractivity contribution in [3.8, 4) is 11.1 Å². The molecule has 1 atom stereocenters. The predicted octanol–water partition coefficient (Wildman–Crippen LogP) is 2.47. The van der Waals surface area contributed by atoms with Crippen molar-refractivity contribution in [1.29, 1.82) is 0 Å². The van der Waals surface area contributed by atoms with Crippen LogP contribution < -0.4 is 10.2 Å². The summed E-state index contributed by atoms with van der Waals surface area (Å²) in [5, 5.41) is 11.9. The van der Waals surface area contributed by atoms with E-state index in [0.717, 1.165) is 0 Å². The van der Waals surface area contributed by atoms with Gasteiger partial charge in [0.25, 0.3) is 0 Å². The molecule has 0 spiro atoms. The molecule has 0 radical (unpaired) electrons. The van der Waals surface area contributed by atoms with E-state index in [-0.39, 0.29) is 19.0 Å². The van der Waals surface area contributed by atoms with E-state index in [9.17, 15) is 23.9 Å². The summed E-state index contributed by atoms with van der Waals surface area (Å²) in [5.41, 5.74) is 0.710. The summed E-state index contributed by atoms with van der Waals surface area (Å²) >= 11 is 0. The van der Waals surface area contributed by atoms with E-state index < -0.39 is 29.4 Å². The van der Waals surface area contributed by atoms with Crippen LogP contribution in [0.2, 0.25) is 0 Å². The van der Waals surface area contributed by atoms with E-state index in [1.165, 1.54) is 24.1 Å². The first kappa shape index (κ1) is 19.8. The molecule has 0 unspecified atom stereocenters. The number of hydrogen-bond donors (Lipinski definition) is 2. The lowest BCUT2D eigenvalue weighted by molar-refractivity contribution is -0.140. The Morgan fingerprint density at radius 2 is 2.10 bits per heavy atom. The second kappa shape index (κ2) is 7.40. The average molecular weight is 413 g/mol. The number of anilines is 1. The highest BCUT2D eigenvalue weighted by Crippen LogP contribution is 2.47. The summed E-state index contributed by atoms with van der Waals surface area (Å²) in [6.45, 7) is 1.76. The molecule has 9 heteroatoms. The van der Waals surface area contributed by atoms with Gasteiger partial charge in [0, 0.05) is 24.2 Å². The number of carboxylic acid groups (broad SMARTS) is 1. The van der Waals surface area contributed by atoms with Gasteiger partial charge in [-0.1, -0.05) is 6.07 Å². The van der Waals surface area contributed by atoms with Crippen LogP contribution in [0.15, 0.2) is 36.5 Å². The van der Waals surface area contributed by atoms with Crippen LogP contribution in [0.5, 0.6) is 0 Å². The van der Waals surface area contributed by atoms with Crippen LogP contribution in [0.25, 0.3) is 11.1 Å². The highest BCUT2D eigenvalue weighted by molar-refractivity contribution is 5.90. The molecular weight excluding hydrogens is 393 g/mol. The minimum Gasteiger partial charge on any atom is -0.481 e. The maximum atomic E-state index is 14.8. The van der Waals surface area contributed by atoms with Gasteiger partial charge in [0.05, 0.1) is 24.5 Å². The molecule has 156 valence electrons. The third kappa shape index (κ3) is 3.58. The number of nitrogens with one attached hydrogen (secondary N) is 1. The summed E-state index contributed by atoms with van der Waals surface area (Å²) in [7, 11) is 0. The summed E-state index contributed by atoms with van der Waals surface area (Å²) in [5.74, 6) is -1.66. The Bertz CT molecular complexity index is 1020. The monoisotopic (exact) mass is 413 g/mol. The van der Waals surface area contributed by atoms with Gasteiger partial charge in [-0.15, -0.1) is 0 Å². The van der Waals surface area contributed by atoms with Gasteiger partial charge in [-0.05, 0) is 37.1 Å². The number of carboxylic acids is 1. The number of halogens is 1. The van der Waals surface area contributed by atoms with E-state index >= 15 is 0 Å². The zero-order chi connectivity index (χ0) is 21.5. The zero-order valence-corrected chi connectivity index (χ0v) is 16.2. The minimum atomic E-state index is -0.912. The van der Waals surface area contributed by atoms with Crippen molar-refractivity contribution in [2.24, 2.45) is 0 Å². The van der Waals surface area contributed by atoms with Crippen molar-refractivity contribution in [2.45, 2.75) is 31.3 Å². The first-order valence-corrected chi connectivity index (χ1v) is 9.52. The Labute approximate surface area is 171 Å². The van der Waals surface area contributed by atoms with Crippen molar-refractivity contribution in [2.75, 3.05) is 18.0 Å². The number of ether oxygens (including phenoxy) is 1. The number of hydrogen-bond acceptors (Lipinski definition) is 5. The van der Waals surface area contributed by atoms with Crippen molar-refractivity contribution in [3.63, 3.8) is 0 Å². The number of aliphatic carboxylic acids is 1. The largest absolute Gasteiger partial charge is 0.481 e. The fourth-order valence-corrected chi connectivity index (χ4v) is 3.54. The molecule has 2 aliphatic rings. The molecule has 2 heterocycles. The lowest BCUT2D eigenvalue weighted by atomic mass is 10.00. The summed E-state index contributed by atoms with van der Waals surface area (Å²) < 4.78 is 20.0. The lowest BCUT2D eigenvalue weighted by Crippen LogP contribution is -2.33. The Hall–Kier alpha value is -3.49. The number of cyclic esters (lactones) is 1. The van der Waals surface area contributed by atoms with Gasteiger partial charge in [-0.25, -0.2) is 9.18 Å². The van der Waals surface area contributed by atoms with Crippen molar-refractivity contribution in [1.82, 2.24) is 10.3 Å².